The molecule has 4 amide bonds. The molecular formula is C18H23ClN4O5S. The summed E-state index contributed by atoms with van der Waals surface area (Å²) < 4.78 is 27.0. The summed E-state index contributed by atoms with van der Waals surface area (Å²) in [6, 6.07) is 5.59. The molecule has 3 N–H and O–H groups in total. The van der Waals surface area contributed by atoms with Crippen LogP contribution < -0.4 is 15.4 Å². The average Bonchev–Trinajstić information content (AvgIpc) is 2.94. The van der Waals surface area contributed by atoms with Crippen LogP contribution >= 0.6 is 11.6 Å². The Bertz CT molecular complexity index is 930. The van der Waals surface area contributed by atoms with Gasteiger partial charge in [0.2, 0.25) is 15.9 Å². The highest BCUT2D eigenvalue weighted by atomic mass is 35.5. The first-order valence-electron chi connectivity index (χ1n) is 9.29. The molecule has 0 radical (unpaired) electrons. The summed E-state index contributed by atoms with van der Waals surface area (Å²) in [5.41, 5.74) is -0.962. The smallest absolute Gasteiger partial charge is 0.322 e. The summed E-state index contributed by atoms with van der Waals surface area (Å²) in [5.74, 6) is -0.589. The van der Waals surface area contributed by atoms with Crippen molar-refractivity contribution >= 4 is 39.5 Å². The molecule has 0 saturated carbocycles. The number of imide groups is 1. The molecule has 0 bridgehead atoms. The van der Waals surface area contributed by atoms with Crippen LogP contribution in [0, 0.1) is 5.92 Å². The van der Waals surface area contributed by atoms with Gasteiger partial charge in [0.05, 0.1) is 5.02 Å². The Morgan fingerprint density at radius 2 is 1.93 bits per heavy atom. The van der Waals surface area contributed by atoms with Crippen LogP contribution in [0.5, 0.6) is 0 Å². The molecule has 2 aliphatic heterocycles. The van der Waals surface area contributed by atoms with E-state index >= 15 is 0 Å². The first-order valence-corrected chi connectivity index (χ1v) is 11.1. The van der Waals surface area contributed by atoms with Crippen LogP contribution in [0.15, 0.2) is 29.2 Å². The Morgan fingerprint density at radius 1 is 1.28 bits per heavy atom. The Labute approximate surface area is 174 Å². The molecule has 0 aromatic heterocycles. The number of carbonyl (C=O) groups is 3. The molecule has 2 aliphatic rings. The van der Waals surface area contributed by atoms with E-state index in [1.807, 2.05) is 0 Å². The summed E-state index contributed by atoms with van der Waals surface area (Å²) >= 11 is 5.92. The number of halogens is 1. The lowest BCUT2D eigenvalue weighted by atomic mass is 9.79. The van der Waals surface area contributed by atoms with Gasteiger partial charge in [-0.1, -0.05) is 23.7 Å². The van der Waals surface area contributed by atoms with Crippen molar-refractivity contribution in [2.75, 3.05) is 19.6 Å². The predicted molar refractivity (Wildman–Crippen MR) is 106 cm³/mol. The highest BCUT2D eigenvalue weighted by Gasteiger charge is 2.48. The van der Waals surface area contributed by atoms with E-state index in [2.05, 4.69) is 15.4 Å². The van der Waals surface area contributed by atoms with Crippen molar-refractivity contribution in [1.29, 1.82) is 0 Å². The summed E-state index contributed by atoms with van der Waals surface area (Å²) in [6.45, 7) is 2.54. The highest BCUT2D eigenvalue weighted by molar-refractivity contribution is 7.89. The first-order chi connectivity index (χ1) is 13.6. The minimum absolute atomic E-state index is 0.0167. The van der Waals surface area contributed by atoms with E-state index in [0.717, 1.165) is 0 Å². The van der Waals surface area contributed by atoms with E-state index in [0.29, 0.717) is 25.9 Å². The van der Waals surface area contributed by atoms with Gasteiger partial charge in [-0.3, -0.25) is 14.9 Å². The topological polar surface area (TPSA) is 125 Å². The van der Waals surface area contributed by atoms with E-state index in [-0.39, 0.29) is 40.6 Å². The largest absolute Gasteiger partial charge is 0.343 e. The van der Waals surface area contributed by atoms with Crippen molar-refractivity contribution in [3.8, 4) is 0 Å². The number of piperidine rings is 1. The molecule has 1 aromatic rings. The molecule has 9 nitrogen and oxygen atoms in total. The standard InChI is InChI=1S/C18H23ClN4O5S/c1-18(16(25)21-17(26)22-18)12-7-10-23(11-8-12)15(24)6-9-20-29(27,28)14-5-3-2-4-13(14)19/h2-5,12,20H,6-11H2,1H3,(H2,21,22,25,26). The molecule has 1 unspecified atom stereocenters. The second kappa shape index (κ2) is 8.29. The lowest BCUT2D eigenvalue weighted by molar-refractivity contribution is -0.133. The van der Waals surface area contributed by atoms with Gasteiger partial charge in [-0.15, -0.1) is 0 Å². The van der Waals surface area contributed by atoms with Crippen molar-refractivity contribution in [2.45, 2.75) is 36.6 Å². The van der Waals surface area contributed by atoms with E-state index in [4.69, 9.17) is 11.6 Å². The third-order valence-electron chi connectivity index (χ3n) is 5.49. The van der Waals surface area contributed by atoms with Gasteiger partial charge in [-0.05, 0) is 37.8 Å². The van der Waals surface area contributed by atoms with Gasteiger partial charge in [0.1, 0.15) is 10.4 Å². The number of nitrogens with zero attached hydrogens (tertiary/aromatic N) is 1. The molecule has 0 aliphatic carbocycles. The first kappa shape index (κ1) is 21.5. The zero-order chi connectivity index (χ0) is 21.2. The second-order valence-electron chi connectivity index (χ2n) is 7.34. The summed E-state index contributed by atoms with van der Waals surface area (Å²) in [4.78, 5) is 37.5. The van der Waals surface area contributed by atoms with Crippen LogP contribution in [-0.4, -0.2) is 56.3 Å². The monoisotopic (exact) mass is 442 g/mol. The van der Waals surface area contributed by atoms with Gasteiger partial charge < -0.3 is 10.2 Å². The molecular weight excluding hydrogens is 420 g/mol. The second-order valence-corrected chi connectivity index (χ2v) is 9.49. The SMILES string of the molecule is CC1(C2CCN(C(=O)CCNS(=O)(=O)c3ccccc3Cl)CC2)NC(=O)NC1=O. The van der Waals surface area contributed by atoms with E-state index in [1.54, 1.807) is 24.0 Å². The van der Waals surface area contributed by atoms with Crippen LogP contribution in [0.1, 0.15) is 26.2 Å². The number of sulfonamides is 1. The fraction of sp³-hybridized carbons (Fsp3) is 0.500. The molecule has 2 fully saturated rings. The Balaban J connectivity index is 1.49. The van der Waals surface area contributed by atoms with E-state index in [1.165, 1.54) is 12.1 Å². The summed E-state index contributed by atoms with van der Waals surface area (Å²) in [5, 5.41) is 5.04. The molecule has 3 rings (SSSR count). The minimum Gasteiger partial charge on any atom is -0.343 e. The molecule has 29 heavy (non-hydrogen) atoms. The molecule has 0 spiro atoms. The van der Waals surface area contributed by atoms with Crippen molar-refractivity contribution in [1.82, 2.24) is 20.3 Å². The van der Waals surface area contributed by atoms with E-state index < -0.39 is 21.6 Å². The van der Waals surface area contributed by atoms with Crippen molar-refractivity contribution in [2.24, 2.45) is 5.92 Å². The Hall–Kier alpha value is -2.17. The summed E-state index contributed by atoms with van der Waals surface area (Å²) in [6.07, 6.45) is 1.16. The molecule has 2 saturated heterocycles. The molecule has 11 heteroatoms. The predicted octanol–water partition coefficient (Wildman–Crippen LogP) is 0.845. The fourth-order valence-corrected chi connectivity index (χ4v) is 5.29. The van der Waals surface area contributed by atoms with Crippen molar-refractivity contribution in [3.63, 3.8) is 0 Å². The van der Waals surface area contributed by atoms with Gasteiger partial charge in [0.15, 0.2) is 0 Å². The fourth-order valence-electron chi connectivity index (χ4n) is 3.74. The number of benzene rings is 1. The lowest BCUT2D eigenvalue weighted by Crippen LogP contribution is -2.54. The number of carbonyl (C=O) groups excluding carboxylic acids is 3. The van der Waals surface area contributed by atoms with Gasteiger partial charge >= 0.3 is 6.03 Å². The van der Waals surface area contributed by atoms with Crippen molar-refractivity contribution in [3.05, 3.63) is 29.3 Å². The van der Waals surface area contributed by atoms with Gasteiger partial charge in [-0.25, -0.2) is 17.9 Å². The third-order valence-corrected chi connectivity index (χ3v) is 7.45. The molecule has 1 aromatic carbocycles. The maximum absolute atomic E-state index is 12.4. The molecule has 158 valence electrons. The minimum atomic E-state index is -3.79. The average molecular weight is 443 g/mol. The normalized spacial score (nSPS) is 23.0. The van der Waals surface area contributed by atoms with Crippen LogP contribution in [0.4, 0.5) is 4.79 Å². The van der Waals surface area contributed by atoms with Gasteiger partial charge in [0, 0.05) is 26.1 Å². The maximum atomic E-state index is 12.4. The Morgan fingerprint density at radius 3 is 2.52 bits per heavy atom. The number of urea groups is 1. The lowest BCUT2D eigenvalue weighted by Gasteiger charge is -2.38. The van der Waals surface area contributed by atoms with Gasteiger partial charge in [-0.2, -0.15) is 0 Å². The van der Waals surface area contributed by atoms with Crippen LogP contribution in [0.2, 0.25) is 5.02 Å². The number of nitrogens with one attached hydrogen (secondary N) is 3. The third kappa shape index (κ3) is 4.54. The van der Waals surface area contributed by atoms with Gasteiger partial charge in [0.25, 0.3) is 5.91 Å². The number of hydrogen-bond acceptors (Lipinski definition) is 5. The highest BCUT2D eigenvalue weighted by Crippen LogP contribution is 2.30. The quantitative estimate of drug-likeness (QED) is 0.563. The zero-order valence-corrected chi connectivity index (χ0v) is 17.5. The zero-order valence-electron chi connectivity index (χ0n) is 15.9. The van der Waals surface area contributed by atoms with Crippen molar-refractivity contribution < 1.29 is 22.8 Å². The summed E-state index contributed by atoms with van der Waals surface area (Å²) in [7, 11) is -3.79. The molecule has 2 heterocycles. The number of amides is 4. The number of hydrogen-bond donors (Lipinski definition) is 3. The molecule has 1 atom stereocenters. The number of likely N-dealkylation sites (tertiary alicyclic amines) is 1. The Kier molecular flexibility index (Phi) is 6.16. The van der Waals surface area contributed by atoms with Crippen LogP contribution in [-0.2, 0) is 19.6 Å². The maximum Gasteiger partial charge on any atom is 0.322 e. The number of rotatable bonds is 6. The van der Waals surface area contributed by atoms with E-state index in [9.17, 15) is 22.8 Å². The van der Waals surface area contributed by atoms with Crippen LogP contribution in [0.25, 0.3) is 0 Å². The van der Waals surface area contributed by atoms with Crippen LogP contribution in [0.3, 0.4) is 0 Å².